The first-order chi connectivity index (χ1) is 16.2. The van der Waals surface area contributed by atoms with Crippen molar-refractivity contribution >= 4 is 28.6 Å². The molecule has 1 fully saturated rings. The van der Waals surface area contributed by atoms with Gasteiger partial charge in [-0.1, -0.05) is 44.2 Å². The molecule has 1 amide bonds. The standard InChI is InChI=1S/C26H29N3O3S/c1-31-23-12-8-7-11-20(23)28-26-29(19-9-5-3-2-4-6-10-19)22(17-33-26)18-13-14-24-21(15-18)27-25(30)16-32-24/h7-8,11-15,17,19H,2-6,9-10,16H2,1H3,(H,27,30). The summed E-state index contributed by atoms with van der Waals surface area (Å²) in [5, 5.41) is 5.12. The molecule has 0 atom stereocenters. The van der Waals surface area contributed by atoms with Crippen LogP contribution in [0, 0.1) is 0 Å². The lowest BCUT2D eigenvalue weighted by Crippen LogP contribution is -2.25. The summed E-state index contributed by atoms with van der Waals surface area (Å²) in [4.78, 5) is 17.9. The number of nitrogens with zero attached hydrogens (tertiary/aromatic N) is 2. The minimum Gasteiger partial charge on any atom is -0.494 e. The number of methoxy groups -OCH3 is 1. The summed E-state index contributed by atoms with van der Waals surface area (Å²) in [6, 6.07) is 14.3. The van der Waals surface area contributed by atoms with Crippen LogP contribution >= 0.6 is 11.3 Å². The Kier molecular flexibility index (Phi) is 6.48. The molecular weight excluding hydrogens is 434 g/mol. The van der Waals surface area contributed by atoms with E-state index in [0.29, 0.717) is 11.8 Å². The van der Waals surface area contributed by atoms with Crippen molar-refractivity contribution in [3.63, 3.8) is 0 Å². The maximum absolute atomic E-state index is 11.9. The van der Waals surface area contributed by atoms with Crippen LogP contribution in [0.4, 0.5) is 11.4 Å². The number of aromatic nitrogens is 1. The topological polar surface area (TPSA) is 64.8 Å². The van der Waals surface area contributed by atoms with E-state index < -0.39 is 0 Å². The molecule has 1 aromatic heterocycles. The molecule has 2 aromatic carbocycles. The molecule has 0 unspecified atom stereocenters. The Labute approximate surface area is 197 Å². The van der Waals surface area contributed by atoms with Gasteiger partial charge in [0.05, 0.1) is 18.5 Å². The van der Waals surface area contributed by atoms with Gasteiger partial charge in [0.2, 0.25) is 0 Å². The monoisotopic (exact) mass is 463 g/mol. The zero-order chi connectivity index (χ0) is 22.6. The zero-order valence-electron chi connectivity index (χ0n) is 18.9. The highest BCUT2D eigenvalue weighted by Crippen LogP contribution is 2.36. The molecule has 7 heteroatoms. The predicted molar refractivity (Wildman–Crippen MR) is 131 cm³/mol. The highest BCUT2D eigenvalue weighted by molar-refractivity contribution is 7.07. The fourth-order valence-electron chi connectivity index (χ4n) is 4.73. The summed E-state index contributed by atoms with van der Waals surface area (Å²) < 4.78 is 13.5. The Morgan fingerprint density at radius 1 is 1.09 bits per heavy atom. The van der Waals surface area contributed by atoms with Crippen molar-refractivity contribution in [1.82, 2.24) is 4.57 Å². The van der Waals surface area contributed by atoms with Crippen LogP contribution in [0.5, 0.6) is 11.5 Å². The number of nitrogens with one attached hydrogen (secondary N) is 1. The number of hydrogen-bond acceptors (Lipinski definition) is 5. The van der Waals surface area contributed by atoms with Gasteiger partial charge in [0.25, 0.3) is 5.91 Å². The molecule has 2 heterocycles. The number of ether oxygens (including phenoxy) is 2. The predicted octanol–water partition coefficient (Wildman–Crippen LogP) is 6.07. The van der Waals surface area contributed by atoms with Crippen LogP contribution in [0.3, 0.4) is 0 Å². The van der Waals surface area contributed by atoms with Gasteiger partial charge in [0, 0.05) is 17.0 Å². The third-order valence-corrected chi connectivity index (χ3v) is 7.23. The molecule has 2 aliphatic rings. The minimum atomic E-state index is -0.121. The van der Waals surface area contributed by atoms with E-state index in [1.165, 1.54) is 32.1 Å². The number of carbonyl (C=O) groups excluding carboxylic acids is 1. The number of fused-ring (bicyclic) bond motifs is 1. The first-order valence-corrected chi connectivity index (χ1v) is 12.6. The van der Waals surface area contributed by atoms with Gasteiger partial charge in [-0.15, -0.1) is 11.3 Å². The largest absolute Gasteiger partial charge is 0.494 e. The molecule has 1 aliphatic carbocycles. The van der Waals surface area contributed by atoms with Crippen LogP contribution in [0.2, 0.25) is 0 Å². The van der Waals surface area contributed by atoms with Crippen molar-refractivity contribution in [3.8, 4) is 22.8 Å². The van der Waals surface area contributed by atoms with Crippen molar-refractivity contribution in [2.24, 2.45) is 4.99 Å². The van der Waals surface area contributed by atoms with Crippen molar-refractivity contribution < 1.29 is 14.3 Å². The van der Waals surface area contributed by atoms with Crippen LogP contribution in [-0.4, -0.2) is 24.2 Å². The average Bonchev–Trinajstić information content (AvgIpc) is 3.22. The van der Waals surface area contributed by atoms with E-state index in [9.17, 15) is 4.79 Å². The number of anilines is 1. The van der Waals surface area contributed by atoms with Gasteiger partial charge in [-0.05, 0) is 43.2 Å². The van der Waals surface area contributed by atoms with Gasteiger partial charge < -0.3 is 19.4 Å². The Balaban J connectivity index is 1.63. The van der Waals surface area contributed by atoms with Crippen LogP contribution < -0.4 is 19.6 Å². The normalized spacial score (nSPS) is 17.5. The molecule has 0 bridgehead atoms. The van der Waals surface area contributed by atoms with Gasteiger partial charge in [-0.3, -0.25) is 4.79 Å². The smallest absolute Gasteiger partial charge is 0.262 e. The maximum atomic E-state index is 11.9. The molecule has 1 saturated carbocycles. The summed E-state index contributed by atoms with van der Waals surface area (Å²) in [5.41, 5.74) is 3.74. The second-order valence-electron chi connectivity index (χ2n) is 8.60. The summed E-state index contributed by atoms with van der Waals surface area (Å²) in [5.74, 6) is 1.36. The van der Waals surface area contributed by atoms with Crippen LogP contribution in [0.25, 0.3) is 11.3 Å². The second-order valence-corrected chi connectivity index (χ2v) is 9.44. The lowest BCUT2D eigenvalue weighted by molar-refractivity contribution is -0.118. The SMILES string of the molecule is COc1ccccc1N=c1scc(-c2ccc3c(c2)NC(=O)CO3)n1C1CCCCCCC1. The number of benzene rings is 2. The first-order valence-electron chi connectivity index (χ1n) is 11.7. The molecule has 0 radical (unpaired) electrons. The first kappa shape index (κ1) is 21.8. The molecular formula is C26H29N3O3S. The number of rotatable bonds is 4. The second kappa shape index (κ2) is 9.83. The number of para-hydroxylation sites is 2. The van der Waals surface area contributed by atoms with E-state index in [4.69, 9.17) is 14.5 Å². The Bertz CT molecular complexity index is 1210. The molecule has 33 heavy (non-hydrogen) atoms. The molecule has 6 nitrogen and oxygen atoms in total. The summed E-state index contributed by atoms with van der Waals surface area (Å²) in [6.45, 7) is 0.0643. The third kappa shape index (κ3) is 4.69. The molecule has 172 valence electrons. The highest BCUT2D eigenvalue weighted by Gasteiger charge is 2.22. The molecule has 0 spiro atoms. The van der Waals surface area contributed by atoms with Crippen molar-refractivity contribution in [3.05, 3.63) is 52.6 Å². The zero-order valence-corrected chi connectivity index (χ0v) is 19.7. The number of amides is 1. The van der Waals surface area contributed by atoms with Crippen LogP contribution in [-0.2, 0) is 4.79 Å². The molecule has 5 rings (SSSR count). The Morgan fingerprint density at radius 2 is 1.88 bits per heavy atom. The molecule has 1 N–H and O–H groups in total. The number of carbonyl (C=O) groups is 1. The number of hydrogen-bond donors (Lipinski definition) is 1. The van der Waals surface area contributed by atoms with Crippen LogP contribution in [0.15, 0.2) is 52.8 Å². The van der Waals surface area contributed by atoms with Gasteiger partial charge >= 0.3 is 0 Å². The van der Waals surface area contributed by atoms with Crippen molar-refractivity contribution in [1.29, 1.82) is 0 Å². The summed E-state index contributed by atoms with van der Waals surface area (Å²) in [7, 11) is 1.68. The highest BCUT2D eigenvalue weighted by atomic mass is 32.1. The van der Waals surface area contributed by atoms with E-state index >= 15 is 0 Å². The fourth-order valence-corrected chi connectivity index (χ4v) is 5.70. The van der Waals surface area contributed by atoms with E-state index in [1.807, 2.05) is 36.4 Å². The van der Waals surface area contributed by atoms with Gasteiger partial charge in [0.15, 0.2) is 11.4 Å². The third-order valence-electron chi connectivity index (χ3n) is 6.39. The molecule has 1 aliphatic heterocycles. The molecule has 0 saturated heterocycles. The van der Waals surface area contributed by atoms with E-state index in [1.54, 1.807) is 18.4 Å². The lowest BCUT2D eigenvalue weighted by atomic mass is 9.96. The van der Waals surface area contributed by atoms with Gasteiger partial charge in [-0.25, -0.2) is 4.99 Å². The van der Waals surface area contributed by atoms with E-state index in [0.717, 1.165) is 46.0 Å². The maximum Gasteiger partial charge on any atom is 0.262 e. The lowest BCUT2D eigenvalue weighted by Gasteiger charge is -2.24. The fraction of sp³-hybridized carbons (Fsp3) is 0.385. The van der Waals surface area contributed by atoms with Crippen molar-refractivity contribution in [2.45, 2.75) is 51.0 Å². The summed E-state index contributed by atoms with van der Waals surface area (Å²) >= 11 is 1.65. The Hall–Kier alpha value is -3.06. The molecule has 3 aromatic rings. The van der Waals surface area contributed by atoms with Gasteiger partial charge in [0.1, 0.15) is 17.2 Å². The van der Waals surface area contributed by atoms with Crippen molar-refractivity contribution in [2.75, 3.05) is 19.0 Å². The van der Waals surface area contributed by atoms with Crippen LogP contribution in [0.1, 0.15) is 51.0 Å². The van der Waals surface area contributed by atoms with E-state index in [2.05, 4.69) is 21.3 Å². The minimum absolute atomic E-state index is 0.0643. The van der Waals surface area contributed by atoms with E-state index in [-0.39, 0.29) is 12.5 Å². The number of thiazole rings is 1. The van der Waals surface area contributed by atoms with Gasteiger partial charge in [-0.2, -0.15) is 0 Å². The summed E-state index contributed by atoms with van der Waals surface area (Å²) in [6.07, 6.45) is 8.66. The Morgan fingerprint density at radius 3 is 2.70 bits per heavy atom. The average molecular weight is 464 g/mol. The quantitative estimate of drug-likeness (QED) is 0.510.